The van der Waals surface area contributed by atoms with Gasteiger partial charge in [0.1, 0.15) is 6.17 Å². The Kier molecular flexibility index (Phi) is 14.6. The molecule has 3 unspecified atom stereocenters. The summed E-state index contributed by atoms with van der Waals surface area (Å²) in [6.07, 6.45) is 9.27. The number of unbranched alkanes of at least 4 members (excludes halogenated alkanes) is 2. The van der Waals surface area contributed by atoms with Gasteiger partial charge in [0.15, 0.2) is 5.82 Å². The van der Waals surface area contributed by atoms with Gasteiger partial charge in [-0.1, -0.05) is 45.2 Å². The quantitative estimate of drug-likeness (QED) is 0.344. The van der Waals surface area contributed by atoms with Crippen molar-refractivity contribution in [1.82, 2.24) is 30.2 Å². The fourth-order valence-corrected chi connectivity index (χ4v) is 8.33. The minimum Gasteiger partial charge on any atom is -0.354 e. The van der Waals surface area contributed by atoms with E-state index in [9.17, 15) is 18.8 Å². The van der Waals surface area contributed by atoms with Crippen LogP contribution in [0.4, 0.5) is 15.9 Å². The van der Waals surface area contributed by atoms with Crippen LogP contribution in [0.5, 0.6) is 0 Å². The Morgan fingerprint density at radius 1 is 1.08 bits per heavy atom. The van der Waals surface area contributed by atoms with E-state index < -0.39 is 6.17 Å². The summed E-state index contributed by atoms with van der Waals surface area (Å²) in [5.41, 5.74) is 5.24. The first-order valence-electron chi connectivity index (χ1n) is 17.8. The van der Waals surface area contributed by atoms with Crippen LogP contribution in [0.1, 0.15) is 101 Å². The summed E-state index contributed by atoms with van der Waals surface area (Å²) in [7, 11) is 1.93. The lowest BCUT2D eigenvalue weighted by Gasteiger charge is -2.33. The molecule has 10 nitrogen and oxygen atoms in total. The van der Waals surface area contributed by atoms with Crippen LogP contribution in [-0.2, 0) is 33.8 Å². The number of halogens is 1. The third-order valence-electron chi connectivity index (χ3n) is 9.89. The number of piperidine rings is 1. The first kappa shape index (κ1) is 37.7. The van der Waals surface area contributed by atoms with Gasteiger partial charge in [-0.05, 0) is 56.8 Å². The highest BCUT2D eigenvalue weighted by Crippen LogP contribution is 2.40. The molecule has 0 radical (unpaired) electrons. The lowest BCUT2D eigenvalue weighted by atomic mass is 9.97. The molecule has 12 heteroatoms. The number of alkyl halides is 1. The first-order chi connectivity index (χ1) is 23.3. The number of likely N-dealkylation sites (tertiary alicyclic amines) is 1. The Balaban J connectivity index is 0.000000288. The molecular weight excluding hydrogens is 630 g/mol. The number of benzene rings is 1. The summed E-state index contributed by atoms with van der Waals surface area (Å²) >= 11 is 1.87. The second-order valence-electron chi connectivity index (χ2n) is 13.2. The van der Waals surface area contributed by atoms with Gasteiger partial charge < -0.3 is 25.3 Å². The number of carbonyl (C=O) groups excluding carboxylic acids is 3. The molecule has 2 N–H and O–H groups in total. The van der Waals surface area contributed by atoms with Crippen molar-refractivity contribution in [2.24, 2.45) is 0 Å². The van der Waals surface area contributed by atoms with Crippen molar-refractivity contribution < 1.29 is 18.8 Å². The maximum Gasteiger partial charge on any atom is 0.219 e. The van der Waals surface area contributed by atoms with Gasteiger partial charge in [0.2, 0.25) is 18.7 Å². The third kappa shape index (κ3) is 9.31. The molecule has 0 bridgehead atoms. The lowest BCUT2D eigenvalue weighted by molar-refractivity contribution is -0.129. The molecule has 4 aliphatic heterocycles. The fraction of sp³-hybridized carbons (Fsp3) is 0.667. The highest BCUT2D eigenvalue weighted by Gasteiger charge is 2.34. The number of anilines is 2. The Morgan fingerprint density at radius 3 is 2.42 bits per heavy atom. The smallest absolute Gasteiger partial charge is 0.219 e. The van der Waals surface area contributed by atoms with Crippen molar-refractivity contribution in [3.63, 3.8) is 0 Å². The molecular formula is C36H56FN7O3S. The molecule has 5 heterocycles. The van der Waals surface area contributed by atoms with Gasteiger partial charge >= 0.3 is 0 Å². The zero-order chi connectivity index (χ0) is 34.6. The molecule has 266 valence electrons. The van der Waals surface area contributed by atoms with Gasteiger partial charge in [0.05, 0.1) is 18.6 Å². The fourth-order valence-electron chi connectivity index (χ4n) is 6.95. The zero-order valence-electron chi connectivity index (χ0n) is 29.5. The topological polar surface area (TPSA) is 103 Å². The van der Waals surface area contributed by atoms with Crippen molar-refractivity contribution in [2.75, 3.05) is 49.6 Å². The van der Waals surface area contributed by atoms with E-state index in [1.165, 1.54) is 30.5 Å². The number of nitrogens with one attached hydrogen (secondary N) is 2. The van der Waals surface area contributed by atoms with Gasteiger partial charge in [-0.3, -0.25) is 19.1 Å². The number of hydrogen-bond donors (Lipinski definition) is 2. The summed E-state index contributed by atoms with van der Waals surface area (Å²) in [5.74, 6) is 3.11. The molecule has 2 aromatic rings. The number of amides is 3. The summed E-state index contributed by atoms with van der Waals surface area (Å²) < 4.78 is 16.3. The van der Waals surface area contributed by atoms with Gasteiger partial charge in [0, 0.05) is 74.0 Å². The molecule has 3 amide bonds. The van der Waals surface area contributed by atoms with E-state index in [1.54, 1.807) is 13.8 Å². The molecule has 1 aromatic carbocycles. The normalized spacial score (nSPS) is 21.2. The van der Waals surface area contributed by atoms with Gasteiger partial charge in [-0.2, -0.15) is 16.9 Å². The van der Waals surface area contributed by atoms with Crippen LogP contribution in [0, 0.1) is 0 Å². The van der Waals surface area contributed by atoms with Crippen molar-refractivity contribution in [3.8, 4) is 0 Å². The highest BCUT2D eigenvalue weighted by molar-refractivity contribution is 7.99. The van der Waals surface area contributed by atoms with Crippen LogP contribution in [0.15, 0.2) is 18.2 Å². The van der Waals surface area contributed by atoms with Crippen molar-refractivity contribution in [2.45, 2.75) is 110 Å². The third-order valence-corrected chi connectivity index (χ3v) is 11.1. The molecule has 6 rings (SSSR count). The molecule has 0 aliphatic carbocycles. The predicted octanol–water partition coefficient (Wildman–Crippen LogP) is 5.33. The molecule has 0 saturated carbocycles. The molecule has 48 heavy (non-hydrogen) atoms. The molecule has 1 aromatic heterocycles. The number of aryl methyl sites for hydroxylation is 1. The zero-order valence-corrected chi connectivity index (χ0v) is 30.4. The van der Waals surface area contributed by atoms with Crippen LogP contribution >= 0.6 is 11.8 Å². The molecule has 0 spiro atoms. The monoisotopic (exact) mass is 685 g/mol. The molecule has 4 aliphatic rings. The summed E-state index contributed by atoms with van der Waals surface area (Å²) in [6, 6.07) is 6.93. The molecule has 3 atom stereocenters. The van der Waals surface area contributed by atoms with E-state index in [4.69, 9.17) is 5.10 Å². The Bertz CT molecular complexity index is 1350. The van der Waals surface area contributed by atoms with E-state index in [-0.39, 0.29) is 11.9 Å². The predicted molar refractivity (Wildman–Crippen MR) is 193 cm³/mol. The number of rotatable bonds is 9. The van der Waals surface area contributed by atoms with Crippen LogP contribution in [0.2, 0.25) is 0 Å². The lowest BCUT2D eigenvalue weighted by Crippen LogP contribution is -2.45. The van der Waals surface area contributed by atoms with Gasteiger partial charge in [-0.15, -0.1) is 0 Å². The van der Waals surface area contributed by atoms with Crippen LogP contribution in [0.3, 0.4) is 0 Å². The van der Waals surface area contributed by atoms with Gasteiger partial charge in [0.25, 0.3) is 0 Å². The number of likely N-dealkylation sites (N-methyl/N-ethyl adjacent to an activating group) is 1. The van der Waals surface area contributed by atoms with Gasteiger partial charge in [-0.25, -0.2) is 4.39 Å². The average Bonchev–Trinajstić information content (AvgIpc) is 3.73. The van der Waals surface area contributed by atoms with Crippen LogP contribution < -0.4 is 15.5 Å². The van der Waals surface area contributed by atoms with Crippen molar-refractivity contribution in [3.05, 3.63) is 40.6 Å². The summed E-state index contributed by atoms with van der Waals surface area (Å²) in [4.78, 5) is 39.4. The van der Waals surface area contributed by atoms with Crippen LogP contribution in [0.25, 0.3) is 0 Å². The van der Waals surface area contributed by atoms with E-state index in [1.807, 2.05) is 46.8 Å². The second-order valence-corrected chi connectivity index (χ2v) is 14.3. The number of carbonyl (C=O) groups is 3. The van der Waals surface area contributed by atoms with E-state index in [2.05, 4.69) is 34.1 Å². The standard InChI is InChI=1S/C25H32FN5O2.C6H12N2OS.C5H12/c1-17(26)20-6-5-19-4-3-10-30(24(19)14-20)25-22-15-29(18(2)33)13-9-23(22)31(27-25)21-7-11-28(16-32)12-8-21;1-7-5-2-10-3-6(5)8-4-9;1-3-5-4-2/h5-6,14,16-17,21H,3-4,7-13,15H2,1-2H3;4-7H,2-3H2,1H3,(H,8,9);3-5H2,1-2H3. The van der Waals surface area contributed by atoms with Crippen LogP contribution in [-0.4, -0.2) is 95.1 Å². The first-order valence-corrected chi connectivity index (χ1v) is 19.0. The minimum absolute atomic E-state index is 0.0752. The minimum atomic E-state index is -1.03. The number of nitrogens with zero attached hydrogens (tertiary/aromatic N) is 5. The second kappa shape index (κ2) is 18.6. The number of thioether (sulfide) groups is 1. The van der Waals surface area contributed by atoms with Crippen molar-refractivity contribution >= 4 is 42.0 Å². The molecule has 2 saturated heterocycles. The van der Waals surface area contributed by atoms with E-state index in [0.29, 0.717) is 30.7 Å². The van der Waals surface area contributed by atoms with Crippen molar-refractivity contribution in [1.29, 1.82) is 0 Å². The summed E-state index contributed by atoms with van der Waals surface area (Å²) in [5, 5.41) is 11.1. The number of aromatic nitrogens is 2. The maximum absolute atomic E-state index is 14.1. The molecule has 2 fully saturated rings. The Hall–Kier alpha value is -3.12. The highest BCUT2D eigenvalue weighted by atomic mass is 32.2. The van der Waals surface area contributed by atoms with E-state index >= 15 is 0 Å². The largest absolute Gasteiger partial charge is 0.354 e. The average molecular weight is 686 g/mol. The summed E-state index contributed by atoms with van der Waals surface area (Å²) in [6.45, 7) is 11.2. The number of fused-ring (bicyclic) bond motifs is 2. The van der Waals surface area contributed by atoms with E-state index in [0.717, 1.165) is 93.1 Å². The SMILES string of the molecule is CC(=O)N1CCc2c(c(N3CCCc4ccc(C(C)F)cc43)nn2C2CCN(C=O)CC2)C1.CCCCC.CNC1CSCC1NC=O. The Morgan fingerprint density at radius 2 is 1.81 bits per heavy atom. The maximum atomic E-state index is 14.1. The Labute approximate surface area is 290 Å². The number of hydrogen-bond acceptors (Lipinski definition) is 7.